The Bertz CT molecular complexity index is 368. The first-order valence-corrected chi connectivity index (χ1v) is 11.0. The number of aliphatic hydroxyl groups is 2. The van der Waals surface area contributed by atoms with Crippen LogP contribution in [0.15, 0.2) is 12.2 Å². The van der Waals surface area contributed by atoms with Gasteiger partial charge in [0.1, 0.15) is 12.5 Å². The van der Waals surface area contributed by atoms with Gasteiger partial charge in [0.05, 0.1) is 0 Å². The molecule has 0 aromatic heterocycles. The van der Waals surface area contributed by atoms with Crippen LogP contribution in [0.4, 0.5) is 0 Å². The SMILES string of the molecule is CCCCCCCC/C=C\CCCCCCCC(=O)ON(C(C)O)C(C)O.[KH]. The van der Waals surface area contributed by atoms with Crippen LogP contribution in [0.2, 0.25) is 0 Å². The third-order valence-corrected chi connectivity index (χ3v) is 4.59. The first-order chi connectivity index (χ1) is 13.0. The second-order valence-corrected chi connectivity index (χ2v) is 7.42. The van der Waals surface area contributed by atoms with Gasteiger partial charge >= 0.3 is 57.4 Å². The molecule has 6 heteroatoms. The first-order valence-electron chi connectivity index (χ1n) is 11.0. The zero-order valence-electron chi connectivity index (χ0n) is 17.9. The third kappa shape index (κ3) is 20.0. The monoisotopic (exact) mass is 425 g/mol. The minimum absolute atomic E-state index is 0. The molecular weight excluding hydrogens is 381 g/mol. The Morgan fingerprint density at radius 1 is 0.821 bits per heavy atom. The summed E-state index contributed by atoms with van der Waals surface area (Å²) < 4.78 is 0. The van der Waals surface area contributed by atoms with E-state index in [4.69, 9.17) is 4.84 Å². The van der Waals surface area contributed by atoms with Gasteiger partial charge in [-0.3, -0.25) is 4.79 Å². The molecule has 5 nitrogen and oxygen atoms in total. The summed E-state index contributed by atoms with van der Waals surface area (Å²) >= 11 is 0. The molecule has 28 heavy (non-hydrogen) atoms. The van der Waals surface area contributed by atoms with E-state index < -0.39 is 18.4 Å². The van der Waals surface area contributed by atoms with E-state index >= 15 is 0 Å². The number of hydroxylamine groups is 2. The molecule has 0 bridgehead atoms. The van der Waals surface area contributed by atoms with Gasteiger partial charge in [-0.25, -0.2) is 0 Å². The predicted molar refractivity (Wildman–Crippen MR) is 118 cm³/mol. The van der Waals surface area contributed by atoms with E-state index in [-0.39, 0.29) is 51.4 Å². The summed E-state index contributed by atoms with van der Waals surface area (Å²) in [6, 6.07) is 0. The molecule has 0 amide bonds. The molecule has 2 unspecified atom stereocenters. The van der Waals surface area contributed by atoms with E-state index in [1.54, 1.807) is 0 Å². The van der Waals surface area contributed by atoms with Crippen LogP contribution in [0.5, 0.6) is 0 Å². The van der Waals surface area contributed by atoms with Crippen LogP contribution in [0.1, 0.15) is 111 Å². The molecule has 0 fully saturated rings. The molecule has 0 rings (SSSR count). The van der Waals surface area contributed by atoms with Crippen molar-refractivity contribution in [1.82, 2.24) is 5.06 Å². The van der Waals surface area contributed by atoms with Crippen LogP contribution >= 0.6 is 0 Å². The fourth-order valence-electron chi connectivity index (χ4n) is 2.97. The number of hydrogen-bond donors (Lipinski definition) is 2. The van der Waals surface area contributed by atoms with Crippen LogP contribution in [0, 0.1) is 0 Å². The Hall–Kier alpha value is 0.726. The van der Waals surface area contributed by atoms with Crippen LogP contribution in [0.25, 0.3) is 0 Å². The second kappa shape index (κ2) is 22.4. The van der Waals surface area contributed by atoms with E-state index in [9.17, 15) is 15.0 Å². The van der Waals surface area contributed by atoms with Crippen LogP contribution in [-0.2, 0) is 9.63 Å². The number of nitrogens with zero attached hydrogens (tertiary/aromatic N) is 1. The predicted octanol–water partition coefficient (Wildman–Crippen LogP) is 4.81. The van der Waals surface area contributed by atoms with Crippen molar-refractivity contribution >= 4 is 57.4 Å². The van der Waals surface area contributed by atoms with E-state index in [1.807, 2.05) is 0 Å². The van der Waals surface area contributed by atoms with Crippen molar-refractivity contribution < 1.29 is 19.8 Å². The molecule has 0 aromatic carbocycles. The van der Waals surface area contributed by atoms with E-state index in [0.717, 1.165) is 30.7 Å². The number of rotatable bonds is 18. The van der Waals surface area contributed by atoms with Gasteiger partial charge in [0, 0.05) is 6.42 Å². The summed E-state index contributed by atoms with van der Waals surface area (Å²) in [6.07, 6.45) is 18.7. The van der Waals surface area contributed by atoms with Crippen LogP contribution in [-0.4, -0.2) is 85.1 Å². The van der Waals surface area contributed by atoms with Gasteiger partial charge < -0.3 is 15.1 Å². The van der Waals surface area contributed by atoms with Gasteiger partial charge in [0.25, 0.3) is 0 Å². The number of aliphatic hydroxyl groups excluding tert-OH is 2. The van der Waals surface area contributed by atoms with Crippen LogP contribution in [0.3, 0.4) is 0 Å². The normalized spacial score (nSPS) is 13.5. The molecule has 0 aliphatic heterocycles. The first kappa shape index (κ1) is 30.9. The number of carbonyl (C=O) groups excluding carboxylic acids is 1. The quantitative estimate of drug-likeness (QED) is 0.108. The number of carbonyl (C=O) groups is 1. The van der Waals surface area contributed by atoms with Gasteiger partial charge in [-0.15, -0.1) is 0 Å². The summed E-state index contributed by atoms with van der Waals surface area (Å²) in [5.41, 5.74) is 0. The number of unbranched alkanes of at least 4 members (excludes halogenated alkanes) is 11. The van der Waals surface area contributed by atoms with Crippen molar-refractivity contribution in [2.75, 3.05) is 0 Å². The number of allylic oxidation sites excluding steroid dienone is 2. The fourth-order valence-corrected chi connectivity index (χ4v) is 2.97. The minimum atomic E-state index is -1.02. The van der Waals surface area contributed by atoms with Crippen LogP contribution < -0.4 is 0 Å². The average molecular weight is 426 g/mol. The molecule has 0 aliphatic carbocycles. The molecule has 0 spiro atoms. The summed E-state index contributed by atoms with van der Waals surface area (Å²) in [6.45, 7) is 5.15. The van der Waals surface area contributed by atoms with E-state index in [1.165, 1.54) is 71.6 Å². The molecule has 162 valence electrons. The molecule has 0 aromatic rings. The van der Waals surface area contributed by atoms with E-state index in [0.29, 0.717) is 6.42 Å². The molecule has 0 saturated carbocycles. The average Bonchev–Trinajstić information content (AvgIpc) is 2.62. The van der Waals surface area contributed by atoms with Gasteiger partial charge in [-0.05, 0) is 46.0 Å². The second-order valence-electron chi connectivity index (χ2n) is 7.42. The van der Waals surface area contributed by atoms with Gasteiger partial charge in [-0.2, -0.15) is 0 Å². The molecule has 0 saturated heterocycles. The summed E-state index contributed by atoms with van der Waals surface area (Å²) in [4.78, 5) is 16.7. The van der Waals surface area contributed by atoms with E-state index in [2.05, 4.69) is 19.1 Å². The summed E-state index contributed by atoms with van der Waals surface area (Å²) in [5.74, 6) is -0.408. The maximum absolute atomic E-state index is 11.7. The molecule has 2 atom stereocenters. The molecule has 0 heterocycles. The Labute approximate surface area is 215 Å². The zero-order valence-corrected chi connectivity index (χ0v) is 17.9. The van der Waals surface area contributed by atoms with Crippen molar-refractivity contribution in [1.29, 1.82) is 0 Å². The zero-order chi connectivity index (χ0) is 20.3. The molecule has 0 aliphatic rings. The Morgan fingerprint density at radius 2 is 1.25 bits per heavy atom. The Kier molecular flexibility index (Phi) is 24.7. The molecule has 0 radical (unpaired) electrons. The van der Waals surface area contributed by atoms with Crippen molar-refractivity contribution in [3.63, 3.8) is 0 Å². The Balaban J connectivity index is 0. The van der Waals surface area contributed by atoms with Gasteiger partial charge in [0.2, 0.25) is 0 Å². The van der Waals surface area contributed by atoms with Crippen molar-refractivity contribution in [3.8, 4) is 0 Å². The summed E-state index contributed by atoms with van der Waals surface area (Å²) in [5, 5.41) is 19.7. The van der Waals surface area contributed by atoms with Crippen molar-refractivity contribution in [3.05, 3.63) is 12.2 Å². The van der Waals surface area contributed by atoms with Crippen molar-refractivity contribution in [2.45, 2.75) is 123 Å². The van der Waals surface area contributed by atoms with Crippen molar-refractivity contribution in [2.24, 2.45) is 0 Å². The Morgan fingerprint density at radius 3 is 1.71 bits per heavy atom. The topological polar surface area (TPSA) is 70.0 Å². The maximum atomic E-state index is 11.7. The van der Waals surface area contributed by atoms with Gasteiger partial charge in [-0.1, -0.05) is 75.5 Å². The fraction of sp³-hybridized carbons (Fsp3) is 0.864. The van der Waals surface area contributed by atoms with Gasteiger partial charge in [0.15, 0.2) is 0 Å². The third-order valence-electron chi connectivity index (χ3n) is 4.59. The standard InChI is InChI=1S/C22H43NO4.K.H/c1-4-5-6-7-8-9-10-11-12-13-14-15-16-17-18-19-22(26)27-23(20(2)24)21(3)25;;/h11-12,20-21,24-25H,4-10,13-19H2,1-3H3;;/b12-11-;;. The summed E-state index contributed by atoms with van der Waals surface area (Å²) in [7, 11) is 0. The molecule has 2 N–H and O–H groups in total. The number of hydrogen-bond acceptors (Lipinski definition) is 5. The molecular formula is C22H44KNO4.